The quantitative estimate of drug-likeness (QED) is 0.669. The molecule has 2 amide bonds. The fraction of sp³-hybridized carbons (Fsp3) is 0.609. The van der Waals surface area contributed by atoms with Crippen molar-refractivity contribution >= 4 is 29.5 Å². The molecule has 1 aromatic rings. The van der Waals surface area contributed by atoms with Crippen LogP contribution in [-0.2, 0) is 9.47 Å². The summed E-state index contributed by atoms with van der Waals surface area (Å²) in [6.45, 7) is 17.4. The van der Waals surface area contributed by atoms with Crippen LogP contribution in [0.3, 0.4) is 0 Å². The number of hydrogen-bond acceptors (Lipinski definition) is 6. The number of rotatable bonds is 4. The molecule has 1 aromatic carbocycles. The molecule has 0 saturated carbocycles. The molecule has 1 aliphatic heterocycles. The van der Waals surface area contributed by atoms with Crippen LogP contribution < -0.4 is 4.90 Å². The highest BCUT2D eigenvalue weighted by molar-refractivity contribution is 6.04. The molecule has 2 rings (SSSR count). The van der Waals surface area contributed by atoms with Gasteiger partial charge < -0.3 is 14.4 Å². The summed E-state index contributed by atoms with van der Waals surface area (Å²) in [6.07, 6.45) is -1.09. The van der Waals surface area contributed by atoms with Gasteiger partial charge in [0.1, 0.15) is 11.2 Å². The van der Waals surface area contributed by atoms with E-state index in [1.54, 1.807) is 41.5 Å². The predicted molar refractivity (Wildman–Crippen MR) is 123 cm³/mol. The number of carbonyl (C=O) groups excluding carboxylic acids is 2. The van der Waals surface area contributed by atoms with E-state index in [1.165, 1.54) is 9.80 Å². The minimum atomic E-state index is -0.660. The Hall–Kier alpha value is -2.77. The van der Waals surface area contributed by atoms with Gasteiger partial charge in [0.2, 0.25) is 5.96 Å². The standard InChI is InChI=1S/C23H36N4O4/c1-9-25(10-2)18-13-11-17(12-14-18)24-19-26(20(28)30-22(3,4)5)15-16-27(19)21(29)31-23(6,7)8/h11-14H,9-10,15-16H2,1-8H3. The number of guanidine groups is 1. The second-order valence-corrected chi connectivity index (χ2v) is 9.36. The maximum absolute atomic E-state index is 12.8. The molecule has 1 fully saturated rings. The van der Waals surface area contributed by atoms with E-state index in [0.29, 0.717) is 5.69 Å². The monoisotopic (exact) mass is 432 g/mol. The normalized spacial score (nSPS) is 14.5. The fourth-order valence-electron chi connectivity index (χ4n) is 3.09. The average Bonchev–Trinajstić information content (AvgIpc) is 3.05. The van der Waals surface area contributed by atoms with Gasteiger partial charge in [-0.15, -0.1) is 0 Å². The average molecular weight is 433 g/mol. The molecule has 0 atom stereocenters. The predicted octanol–water partition coefficient (Wildman–Crippen LogP) is 5.01. The second-order valence-electron chi connectivity index (χ2n) is 9.36. The van der Waals surface area contributed by atoms with E-state index in [4.69, 9.17) is 9.47 Å². The molecule has 0 unspecified atom stereocenters. The fourth-order valence-corrected chi connectivity index (χ4v) is 3.09. The largest absolute Gasteiger partial charge is 0.443 e. The van der Waals surface area contributed by atoms with Crippen LogP contribution in [0.2, 0.25) is 0 Å². The summed E-state index contributed by atoms with van der Waals surface area (Å²) in [5.74, 6) is 0.207. The molecule has 0 aliphatic carbocycles. The Morgan fingerprint density at radius 2 is 1.29 bits per heavy atom. The second kappa shape index (κ2) is 9.58. The molecule has 0 N–H and O–H groups in total. The van der Waals surface area contributed by atoms with Crippen molar-refractivity contribution in [3.8, 4) is 0 Å². The zero-order chi connectivity index (χ0) is 23.4. The number of ether oxygens (including phenoxy) is 2. The van der Waals surface area contributed by atoms with Crippen LogP contribution in [0.25, 0.3) is 0 Å². The number of hydrogen-bond donors (Lipinski definition) is 0. The Morgan fingerprint density at radius 1 is 0.871 bits per heavy atom. The van der Waals surface area contributed by atoms with Crippen LogP contribution >= 0.6 is 0 Å². The lowest BCUT2D eigenvalue weighted by atomic mass is 10.2. The maximum Gasteiger partial charge on any atom is 0.417 e. The van der Waals surface area contributed by atoms with Gasteiger partial charge in [0.25, 0.3) is 0 Å². The van der Waals surface area contributed by atoms with Crippen molar-refractivity contribution in [3.63, 3.8) is 0 Å². The minimum absolute atomic E-state index is 0.207. The molecule has 1 saturated heterocycles. The van der Waals surface area contributed by atoms with E-state index in [0.717, 1.165) is 18.8 Å². The van der Waals surface area contributed by atoms with Crippen LogP contribution in [0, 0.1) is 0 Å². The minimum Gasteiger partial charge on any atom is -0.443 e. The summed E-state index contributed by atoms with van der Waals surface area (Å²) >= 11 is 0. The summed E-state index contributed by atoms with van der Waals surface area (Å²) < 4.78 is 11.0. The number of carbonyl (C=O) groups is 2. The van der Waals surface area contributed by atoms with Crippen molar-refractivity contribution in [2.24, 2.45) is 4.99 Å². The highest BCUT2D eigenvalue weighted by atomic mass is 16.6. The lowest BCUT2D eigenvalue weighted by Gasteiger charge is -2.27. The Kier molecular flexibility index (Phi) is 7.57. The first kappa shape index (κ1) is 24.5. The van der Waals surface area contributed by atoms with E-state index in [2.05, 4.69) is 23.7 Å². The SMILES string of the molecule is CCN(CC)c1ccc(N=C2N(C(=O)OC(C)(C)C)CCN2C(=O)OC(C)(C)C)cc1. The Balaban J connectivity index is 2.37. The summed E-state index contributed by atoms with van der Waals surface area (Å²) in [5.41, 5.74) is 0.406. The summed E-state index contributed by atoms with van der Waals surface area (Å²) in [4.78, 5) is 35.2. The van der Waals surface area contributed by atoms with Crippen molar-refractivity contribution in [3.05, 3.63) is 24.3 Å². The van der Waals surface area contributed by atoms with Crippen LogP contribution in [0.1, 0.15) is 55.4 Å². The summed E-state index contributed by atoms with van der Waals surface area (Å²) in [6, 6.07) is 7.72. The topological polar surface area (TPSA) is 74.7 Å². The number of benzene rings is 1. The van der Waals surface area contributed by atoms with Crippen molar-refractivity contribution in [1.82, 2.24) is 9.80 Å². The van der Waals surface area contributed by atoms with Crippen molar-refractivity contribution < 1.29 is 19.1 Å². The molecular weight excluding hydrogens is 396 g/mol. The highest BCUT2D eigenvalue weighted by Crippen LogP contribution is 2.24. The van der Waals surface area contributed by atoms with Gasteiger partial charge in [-0.2, -0.15) is 0 Å². The smallest absolute Gasteiger partial charge is 0.417 e. The van der Waals surface area contributed by atoms with Gasteiger partial charge in [-0.05, 0) is 79.7 Å². The highest BCUT2D eigenvalue weighted by Gasteiger charge is 2.39. The van der Waals surface area contributed by atoms with Gasteiger partial charge in [0.05, 0.1) is 18.8 Å². The van der Waals surface area contributed by atoms with Crippen molar-refractivity contribution in [1.29, 1.82) is 0 Å². The van der Waals surface area contributed by atoms with Crippen molar-refractivity contribution in [2.75, 3.05) is 31.1 Å². The number of amides is 2. The van der Waals surface area contributed by atoms with Gasteiger partial charge in [0.15, 0.2) is 0 Å². The lowest BCUT2D eigenvalue weighted by Crippen LogP contribution is -2.44. The summed E-state index contributed by atoms with van der Waals surface area (Å²) in [5, 5.41) is 0. The Labute approximate surface area is 185 Å². The molecule has 0 aromatic heterocycles. The van der Waals surface area contributed by atoms with Crippen LogP contribution in [0.15, 0.2) is 29.3 Å². The zero-order valence-electron chi connectivity index (χ0n) is 20.1. The maximum atomic E-state index is 12.8. The lowest BCUT2D eigenvalue weighted by molar-refractivity contribution is 0.0375. The Bertz CT molecular complexity index is 764. The first-order valence-corrected chi connectivity index (χ1v) is 10.8. The van der Waals surface area contributed by atoms with E-state index < -0.39 is 23.4 Å². The van der Waals surface area contributed by atoms with Gasteiger partial charge in [-0.1, -0.05) is 0 Å². The third-order valence-corrected chi connectivity index (χ3v) is 4.47. The third kappa shape index (κ3) is 6.87. The third-order valence-electron chi connectivity index (χ3n) is 4.47. The van der Waals surface area contributed by atoms with E-state index in [-0.39, 0.29) is 19.0 Å². The van der Waals surface area contributed by atoms with Gasteiger partial charge in [0, 0.05) is 18.8 Å². The van der Waals surface area contributed by atoms with E-state index >= 15 is 0 Å². The first-order valence-electron chi connectivity index (χ1n) is 10.8. The molecule has 8 nitrogen and oxygen atoms in total. The van der Waals surface area contributed by atoms with E-state index in [1.807, 2.05) is 24.3 Å². The number of nitrogens with zero attached hydrogens (tertiary/aromatic N) is 4. The van der Waals surface area contributed by atoms with Crippen LogP contribution in [-0.4, -0.2) is 65.3 Å². The van der Waals surface area contributed by atoms with Gasteiger partial charge in [-0.25, -0.2) is 24.4 Å². The Morgan fingerprint density at radius 3 is 1.65 bits per heavy atom. The molecule has 8 heteroatoms. The summed E-state index contributed by atoms with van der Waals surface area (Å²) in [7, 11) is 0. The van der Waals surface area contributed by atoms with Gasteiger partial charge in [-0.3, -0.25) is 0 Å². The number of anilines is 1. The number of aliphatic imine (C=N–C) groups is 1. The molecular formula is C23H36N4O4. The molecule has 1 aliphatic rings. The van der Waals surface area contributed by atoms with E-state index in [9.17, 15) is 9.59 Å². The molecule has 1 heterocycles. The molecule has 0 spiro atoms. The molecule has 0 bridgehead atoms. The first-order chi connectivity index (χ1) is 14.3. The van der Waals surface area contributed by atoms with Gasteiger partial charge >= 0.3 is 12.2 Å². The van der Waals surface area contributed by atoms with Crippen LogP contribution in [0.5, 0.6) is 0 Å². The van der Waals surface area contributed by atoms with Crippen molar-refractivity contribution in [2.45, 2.75) is 66.6 Å². The van der Waals surface area contributed by atoms with Crippen LogP contribution in [0.4, 0.5) is 21.0 Å². The molecule has 31 heavy (non-hydrogen) atoms. The molecule has 172 valence electrons. The molecule has 0 radical (unpaired) electrons. The zero-order valence-corrected chi connectivity index (χ0v) is 20.1.